The fourth-order valence-corrected chi connectivity index (χ4v) is 2.73. The minimum atomic E-state index is -0.496. The molecule has 0 heterocycles. The van der Waals surface area contributed by atoms with Gasteiger partial charge in [0, 0.05) is 12.1 Å². The molecule has 0 aliphatic rings. The van der Waals surface area contributed by atoms with Crippen molar-refractivity contribution < 1.29 is 18.8 Å². The van der Waals surface area contributed by atoms with Gasteiger partial charge in [-0.2, -0.15) is 0 Å². The lowest BCUT2D eigenvalue weighted by Gasteiger charge is -2.11. The third-order valence-electron chi connectivity index (χ3n) is 4.39. The first kappa shape index (κ1) is 21.7. The quantitative estimate of drug-likeness (QED) is 0.427. The molecule has 0 aliphatic carbocycles. The van der Waals surface area contributed by atoms with Crippen molar-refractivity contribution in [3.63, 3.8) is 0 Å². The Balaban J connectivity index is 1.54. The Morgan fingerprint density at radius 1 is 1.00 bits per heavy atom. The van der Waals surface area contributed by atoms with Gasteiger partial charge in [-0.3, -0.25) is 9.59 Å². The lowest BCUT2D eigenvalue weighted by Crippen LogP contribution is -2.25. The van der Waals surface area contributed by atoms with E-state index in [1.807, 2.05) is 31.2 Å². The summed E-state index contributed by atoms with van der Waals surface area (Å²) in [7, 11) is 0. The van der Waals surface area contributed by atoms with Gasteiger partial charge in [-0.25, -0.2) is 4.39 Å². The highest BCUT2D eigenvalue weighted by Crippen LogP contribution is 2.15. The molecule has 0 bridgehead atoms. The molecule has 0 saturated carbocycles. The molecule has 158 valence electrons. The molecule has 3 rings (SSSR count). The molecule has 31 heavy (non-hydrogen) atoms. The number of oxime groups is 1. The number of halogens is 1. The molecule has 0 aliphatic heterocycles. The summed E-state index contributed by atoms with van der Waals surface area (Å²) in [6, 6.07) is 20.6. The van der Waals surface area contributed by atoms with Gasteiger partial charge >= 0.3 is 0 Å². The maximum absolute atomic E-state index is 13.5. The van der Waals surface area contributed by atoms with Crippen LogP contribution in [0.2, 0.25) is 0 Å². The molecule has 0 atom stereocenters. The smallest absolute Gasteiger partial charge is 0.265 e. The van der Waals surface area contributed by atoms with E-state index in [-0.39, 0.29) is 18.1 Å². The first-order valence-electron chi connectivity index (χ1n) is 9.65. The Labute approximate surface area is 179 Å². The van der Waals surface area contributed by atoms with Gasteiger partial charge in [0.05, 0.1) is 17.5 Å². The number of benzene rings is 3. The number of anilines is 1. The second kappa shape index (κ2) is 10.7. The summed E-state index contributed by atoms with van der Waals surface area (Å²) >= 11 is 0. The molecule has 0 unspecified atom stereocenters. The summed E-state index contributed by atoms with van der Waals surface area (Å²) in [6.07, 6.45) is 1.19. The number of hydrogen-bond donors (Lipinski definition) is 2. The minimum absolute atomic E-state index is 0.249. The lowest BCUT2D eigenvalue weighted by atomic mass is 10.1. The van der Waals surface area contributed by atoms with E-state index >= 15 is 0 Å². The lowest BCUT2D eigenvalue weighted by molar-refractivity contribution is -0.120. The van der Waals surface area contributed by atoms with Crippen molar-refractivity contribution in [2.45, 2.75) is 13.5 Å². The predicted octanol–water partition coefficient (Wildman–Crippen LogP) is 4.05. The molecule has 3 aromatic rings. The SMILES string of the molecule is Cc1ccc(CNC(=O)c2ccccc2NC(=O)CO/N=C/c2ccccc2F)cc1. The molecular formula is C24H22FN3O3. The van der Waals surface area contributed by atoms with E-state index in [2.05, 4.69) is 15.8 Å². The molecule has 2 amide bonds. The number of rotatable bonds is 8. The summed E-state index contributed by atoms with van der Waals surface area (Å²) < 4.78 is 13.5. The standard InChI is InChI=1S/C24H22FN3O3/c1-17-10-12-18(13-11-17)14-26-24(30)20-7-3-5-9-22(20)28-23(29)16-31-27-15-19-6-2-4-8-21(19)25/h2-13,15H,14,16H2,1H3,(H,26,30)(H,28,29)/b27-15+. The van der Waals surface area contributed by atoms with Crippen LogP contribution in [0.4, 0.5) is 10.1 Å². The summed E-state index contributed by atoms with van der Waals surface area (Å²) in [4.78, 5) is 29.7. The van der Waals surface area contributed by atoms with Gasteiger partial charge in [-0.1, -0.05) is 65.3 Å². The highest BCUT2D eigenvalue weighted by Gasteiger charge is 2.13. The number of nitrogens with one attached hydrogen (secondary N) is 2. The molecule has 7 heteroatoms. The molecule has 0 saturated heterocycles. The topological polar surface area (TPSA) is 79.8 Å². The second-order valence-corrected chi connectivity index (χ2v) is 6.79. The minimum Gasteiger partial charge on any atom is -0.386 e. The van der Waals surface area contributed by atoms with Crippen LogP contribution in [0.1, 0.15) is 27.0 Å². The van der Waals surface area contributed by atoms with E-state index in [1.165, 1.54) is 18.3 Å². The van der Waals surface area contributed by atoms with E-state index in [0.29, 0.717) is 17.8 Å². The number of carbonyl (C=O) groups is 2. The number of amides is 2. The first-order valence-corrected chi connectivity index (χ1v) is 9.65. The molecule has 0 fully saturated rings. The van der Waals surface area contributed by atoms with Crippen molar-refractivity contribution in [1.29, 1.82) is 0 Å². The Morgan fingerprint density at radius 3 is 2.48 bits per heavy atom. The van der Waals surface area contributed by atoms with Gasteiger partial charge in [0.1, 0.15) is 5.82 Å². The Hall–Kier alpha value is -4.00. The predicted molar refractivity (Wildman–Crippen MR) is 117 cm³/mol. The van der Waals surface area contributed by atoms with E-state index in [9.17, 15) is 14.0 Å². The zero-order chi connectivity index (χ0) is 22.1. The van der Waals surface area contributed by atoms with Crippen molar-refractivity contribution in [3.05, 3.63) is 101 Å². The van der Waals surface area contributed by atoms with Crippen molar-refractivity contribution in [2.24, 2.45) is 5.16 Å². The van der Waals surface area contributed by atoms with Crippen LogP contribution in [0.3, 0.4) is 0 Å². The van der Waals surface area contributed by atoms with Gasteiger partial charge in [-0.15, -0.1) is 0 Å². The molecule has 0 spiro atoms. The van der Waals surface area contributed by atoms with Gasteiger partial charge < -0.3 is 15.5 Å². The van der Waals surface area contributed by atoms with Crippen LogP contribution in [-0.4, -0.2) is 24.6 Å². The van der Waals surface area contributed by atoms with Crippen LogP contribution in [0.15, 0.2) is 78.0 Å². The molecule has 2 N–H and O–H groups in total. The number of para-hydroxylation sites is 1. The maximum Gasteiger partial charge on any atom is 0.265 e. The third kappa shape index (κ3) is 6.50. The van der Waals surface area contributed by atoms with E-state index < -0.39 is 11.7 Å². The van der Waals surface area contributed by atoms with Gasteiger partial charge in [-0.05, 0) is 30.7 Å². The summed E-state index contributed by atoms with van der Waals surface area (Å²) in [5.41, 5.74) is 3.05. The van der Waals surface area contributed by atoms with E-state index in [0.717, 1.165) is 11.1 Å². The number of nitrogens with zero attached hydrogens (tertiary/aromatic N) is 1. The third-order valence-corrected chi connectivity index (χ3v) is 4.39. The number of hydrogen-bond acceptors (Lipinski definition) is 4. The first-order chi connectivity index (χ1) is 15.0. The fraction of sp³-hybridized carbons (Fsp3) is 0.125. The van der Waals surface area contributed by atoms with Crippen LogP contribution in [0.25, 0.3) is 0 Å². The average molecular weight is 419 g/mol. The van der Waals surface area contributed by atoms with Crippen molar-refractivity contribution in [2.75, 3.05) is 11.9 Å². The highest BCUT2D eigenvalue weighted by molar-refractivity contribution is 6.03. The fourth-order valence-electron chi connectivity index (χ4n) is 2.73. The molecule has 3 aromatic carbocycles. The monoisotopic (exact) mass is 419 g/mol. The van der Waals surface area contributed by atoms with E-state index in [4.69, 9.17) is 4.84 Å². The van der Waals surface area contributed by atoms with Crippen molar-refractivity contribution >= 4 is 23.7 Å². The zero-order valence-corrected chi connectivity index (χ0v) is 17.0. The highest BCUT2D eigenvalue weighted by atomic mass is 19.1. The van der Waals surface area contributed by atoms with Gasteiger partial charge in [0.15, 0.2) is 6.61 Å². The normalized spacial score (nSPS) is 10.6. The van der Waals surface area contributed by atoms with Gasteiger partial charge in [0.2, 0.25) is 0 Å². The Kier molecular flexibility index (Phi) is 7.48. The second-order valence-electron chi connectivity index (χ2n) is 6.79. The van der Waals surface area contributed by atoms with Crippen LogP contribution >= 0.6 is 0 Å². The van der Waals surface area contributed by atoms with Crippen LogP contribution in [-0.2, 0) is 16.2 Å². The Bertz CT molecular complexity index is 1080. The number of aryl methyl sites for hydroxylation is 1. The number of carbonyl (C=O) groups excluding carboxylic acids is 2. The van der Waals surface area contributed by atoms with Gasteiger partial charge in [0.25, 0.3) is 11.8 Å². The largest absolute Gasteiger partial charge is 0.386 e. The van der Waals surface area contributed by atoms with E-state index in [1.54, 1.807) is 36.4 Å². The van der Waals surface area contributed by atoms with Crippen molar-refractivity contribution in [3.8, 4) is 0 Å². The molecular weight excluding hydrogens is 397 g/mol. The molecule has 0 aromatic heterocycles. The maximum atomic E-state index is 13.5. The van der Waals surface area contributed by atoms with Crippen molar-refractivity contribution in [1.82, 2.24) is 5.32 Å². The molecule has 6 nitrogen and oxygen atoms in total. The van der Waals surface area contributed by atoms with Crippen LogP contribution in [0, 0.1) is 12.7 Å². The summed E-state index contributed by atoms with van der Waals surface area (Å²) in [5, 5.41) is 9.08. The Morgan fingerprint density at radius 2 is 1.71 bits per heavy atom. The average Bonchev–Trinajstić information content (AvgIpc) is 2.77. The zero-order valence-electron chi connectivity index (χ0n) is 17.0. The van der Waals surface area contributed by atoms with Crippen LogP contribution in [0.5, 0.6) is 0 Å². The molecule has 0 radical (unpaired) electrons. The van der Waals surface area contributed by atoms with Crippen LogP contribution < -0.4 is 10.6 Å². The summed E-state index contributed by atoms with van der Waals surface area (Å²) in [5.74, 6) is -1.25. The summed E-state index contributed by atoms with van der Waals surface area (Å²) in [6.45, 7) is 1.98.